The highest BCUT2D eigenvalue weighted by atomic mass is 127. The van der Waals surface area contributed by atoms with Gasteiger partial charge in [-0.25, -0.2) is 0 Å². The normalized spacial score (nSPS) is 24.7. The largest absolute Gasteiger partial charge is 0.388 e. The summed E-state index contributed by atoms with van der Waals surface area (Å²) >= 11 is 2.24. The summed E-state index contributed by atoms with van der Waals surface area (Å²) in [5.74, 6) is 0. The van der Waals surface area contributed by atoms with Crippen LogP contribution in [-0.4, -0.2) is 46.7 Å². The molecular weight excluding hydrogens is 543 g/mol. The molecule has 0 amide bonds. The van der Waals surface area contributed by atoms with Crippen LogP contribution in [0.5, 0.6) is 0 Å². The molecule has 1 heterocycles. The molecule has 0 aliphatic carbocycles. The molecule has 0 spiro atoms. The minimum Gasteiger partial charge on any atom is -0.388 e. The first-order chi connectivity index (χ1) is 16.7. The van der Waals surface area contributed by atoms with Crippen LogP contribution in [0.2, 0.25) is 0 Å². The van der Waals surface area contributed by atoms with E-state index >= 15 is 0 Å². The van der Waals surface area contributed by atoms with Crippen molar-refractivity contribution in [3.8, 4) is 0 Å². The molecule has 3 aromatic rings. The van der Waals surface area contributed by atoms with Gasteiger partial charge in [-0.2, -0.15) is 0 Å². The van der Waals surface area contributed by atoms with Crippen molar-refractivity contribution in [1.82, 2.24) is 0 Å². The van der Waals surface area contributed by atoms with E-state index in [1.807, 2.05) is 91.0 Å². The second-order valence-electron chi connectivity index (χ2n) is 8.38. The second kappa shape index (κ2) is 13.3. The van der Waals surface area contributed by atoms with Gasteiger partial charge in [-0.1, -0.05) is 114 Å². The van der Waals surface area contributed by atoms with E-state index in [1.54, 1.807) is 0 Å². The Hall–Kier alpha value is -1.81. The van der Waals surface area contributed by atoms with Gasteiger partial charge in [-0.15, -0.1) is 0 Å². The number of ether oxygens (including phenoxy) is 4. The maximum Gasteiger partial charge on any atom is 0.115 e. The third-order valence-electron chi connectivity index (χ3n) is 5.87. The number of halogens is 1. The minimum absolute atomic E-state index is 0.347. The number of aliphatic hydroxyl groups excluding tert-OH is 1. The van der Waals surface area contributed by atoms with E-state index in [9.17, 15) is 5.11 Å². The molecule has 1 N–H and O–H groups in total. The van der Waals surface area contributed by atoms with Gasteiger partial charge < -0.3 is 24.1 Å². The third kappa shape index (κ3) is 7.10. The second-order valence-corrected chi connectivity index (χ2v) is 9.26. The lowest BCUT2D eigenvalue weighted by Crippen LogP contribution is -2.60. The summed E-state index contributed by atoms with van der Waals surface area (Å²) in [5.41, 5.74) is 3.20. The van der Waals surface area contributed by atoms with Crippen molar-refractivity contribution < 1.29 is 24.1 Å². The molecule has 5 nitrogen and oxygen atoms in total. The Balaban J connectivity index is 1.48. The van der Waals surface area contributed by atoms with Gasteiger partial charge in [-0.3, -0.25) is 0 Å². The monoisotopic (exact) mass is 574 g/mol. The molecule has 34 heavy (non-hydrogen) atoms. The number of rotatable bonds is 11. The first-order valence-electron chi connectivity index (χ1n) is 11.6. The molecule has 1 fully saturated rings. The Morgan fingerprint density at radius 2 is 1.12 bits per heavy atom. The van der Waals surface area contributed by atoms with Crippen LogP contribution < -0.4 is 0 Å². The van der Waals surface area contributed by atoms with Crippen LogP contribution in [0.4, 0.5) is 0 Å². The number of benzene rings is 3. The van der Waals surface area contributed by atoms with Crippen LogP contribution in [-0.2, 0) is 38.8 Å². The number of hydrogen-bond donors (Lipinski definition) is 1. The molecule has 0 radical (unpaired) electrons. The van der Waals surface area contributed by atoms with Crippen molar-refractivity contribution in [2.75, 3.05) is 11.0 Å². The average molecular weight is 574 g/mol. The van der Waals surface area contributed by atoms with E-state index in [0.29, 0.717) is 30.9 Å². The quantitative estimate of drug-likeness (QED) is 0.260. The average Bonchev–Trinajstić information content (AvgIpc) is 2.89. The van der Waals surface area contributed by atoms with E-state index < -0.39 is 18.3 Å². The number of alkyl halides is 1. The van der Waals surface area contributed by atoms with Gasteiger partial charge >= 0.3 is 0 Å². The highest BCUT2D eigenvalue weighted by Crippen LogP contribution is 2.29. The molecule has 4 rings (SSSR count). The van der Waals surface area contributed by atoms with Gasteiger partial charge in [0.1, 0.15) is 24.4 Å². The van der Waals surface area contributed by atoms with E-state index in [1.165, 1.54) is 0 Å². The van der Waals surface area contributed by atoms with Gasteiger partial charge in [0.25, 0.3) is 0 Å². The summed E-state index contributed by atoms with van der Waals surface area (Å²) in [6, 6.07) is 30.0. The zero-order chi connectivity index (χ0) is 23.6. The minimum atomic E-state index is -0.799. The molecule has 1 aliphatic rings. The van der Waals surface area contributed by atoms with Gasteiger partial charge in [0.15, 0.2) is 0 Å². The van der Waals surface area contributed by atoms with Gasteiger partial charge in [0.2, 0.25) is 0 Å². The van der Waals surface area contributed by atoms with E-state index in [-0.39, 0.29) is 12.2 Å². The maximum atomic E-state index is 11.1. The van der Waals surface area contributed by atoms with Crippen molar-refractivity contribution in [3.63, 3.8) is 0 Å². The molecule has 0 aromatic heterocycles. The summed E-state index contributed by atoms with van der Waals surface area (Å²) in [7, 11) is 0. The predicted octanol–water partition coefficient (Wildman–Crippen LogP) is 4.94. The molecule has 3 unspecified atom stereocenters. The lowest BCUT2D eigenvalue weighted by atomic mass is 9.95. The Bertz CT molecular complexity index is 956. The fraction of sp³-hybridized carbons (Fsp3) is 0.357. The van der Waals surface area contributed by atoms with Crippen molar-refractivity contribution in [2.24, 2.45) is 0 Å². The molecule has 1 saturated heterocycles. The summed E-state index contributed by atoms with van der Waals surface area (Å²) in [6.07, 6.45) is -2.54. The Morgan fingerprint density at radius 1 is 0.647 bits per heavy atom. The van der Waals surface area contributed by atoms with Crippen molar-refractivity contribution in [2.45, 2.75) is 50.3 Å². The van der Waals surface area contributed by atoms with Crippen LogP contribution in [0, 0.1) is 0 Å². The Labute approximate surface area is 215 Å². The zero-order valence-corrected chi connectivity index (χ0v) is 21.2. The van der Waals surface area contributed by atoms with E-state index in [4.69, 9.17) is 18.9 Å². The first-order valence-corrected chi connectivity index (χ1v) is 13.1. The van der Waals surface area contributed by atoms with Crippen molar-refractivity contribution >= 4 is 22.6 Å². The van der Waals surface area contributed by atoms with Crippen LogP contribution in [0.15, 0.2) is 91.0 Å². The van der Waals surface area contributed by atoms with E-state index in [2.05, 4.69) is 22.6 Å². The fourth-order valence-corrected chi connectivity index (χ4v) is 4.79. The Morgan fingerprint density at radius 3 is 1.62 bits per heavy atom. The first kappa shape index (κ1) is 25.3. The molecule has 0 bridgehead atoms. The molecule has 1 aliphatic heterocycles. The highest BCUT2D eigenvalue weighted by Gasteiger charge is 2.46. The lowest BCUT2D eigenvalue weighted by molar-refractivity contribution is -0.255. The van der Waals surface area contributed by atoms with Gasteiger partial charge in [0.05, 0.1) is 32.5 Å². The number of aliphatic hydroxyl groups is 1. The Kier molecular flexibility index (Phi) is 9.91. The summed E-state index contributed by atoms with van der Waals surface area (Å²) in [5, 5.41) is 11.1. The molecule has 180 valence electrons. The molecule has 0 saturated carbocycles. The summed E-state index contributed by atoms with van der Waals surface area (Å²) in [4.78, 5) is 0. The molecular formula is C28H31IO5. The SMILES string of the molecule is OC1C(OCc2ccccc2)[C@H](OCc2ccccc2)C(COCc2ccccc2)O[C@@H]1CI. The van der Waals surface area contributed by atoms with Gasteiger partial charge in [-0.05, 0) is 16.7 Å². The molecule has 6 heteroatoms. The van der Waals surface area contributed by atoms with Crippen LogP contribution in [0.3, 0.4) is 0 Å². The number of hydrogen-bond acceptors (Lipinski definition) is 5. The maximum absolute atomic E-state index is 11.1. The topological polar surface area (TPSA) is 57.2 Å². The van der Waals surface area contributed by atoms with Gasteiger partial charge in [0, 0.05) is 4.43 Å². The molecule has 3 aromatic carbocycles. The lowest BCUT2D eigenvalue weighted by Gasteiger charge is -2.44. The third-order valence-corrected chi connectivity index (χ3v) is 6.74. The standard InChI is InChI=1S/C28H31IO5/c29-16-24-26(30)28(33-19-23-14-8-3-9-15-23)27(32-18-22-12-6-2-7-13-22)25(34-24)20-31-17-21-10-4-1-5-11-21/h1-15,24-28,30H,16-20H2/t24-,25?,26?,27-,28?/m1/s1. The predicted molar refractivity (Wildman–Crippen MR) is 140 cm³/mol. The van der Waals surface area contributed by atoms with E-state index in [0.717, 1.165) is 16.7 Å². The summed E-state index contributed by atoms with van der Waals surface area (Å²) < 4.78 is 25.6. The zero-order valence-electron chi connectivity index (χ0n) is 19.0. The van der Waals surface area contributed by atoms with Crippen LogP contribution >= 0.6 is 22.6 Å². The smallest absolute Gasteiger partial charge is 0.115 e. The van der Waals surface area contributed by atoms with Crippen molar-refractivity contribution in [1.29, 1.82) is 0 Å². The fourth-order valence-electron chi connectivity index (χ4n) is 4.06. The highest BCUT2D eigenvalue weighted by molar-refractivity contribution is 14.1. The van der Waals surface area contributed by atoms with Crippen LogP contribution in [0.1, 0.15) is 16.7 Å². The van der Waals surface area contributed by atoms with Crippen molar-refractivity contribution in [3.05, 3.63) is 108 Å². The molecule has 5 atom stereocenters. The van der Waals surface area contributed by atoms with Crippen LogP contribution in [0.25, 0.3) is 0 Å². The summed E-state index contributed by atoms with van der Waals surface area (Å²) in [6.45, 7) is 1.62.